The number of hydrogen-bond acceptors (Lipinski definition) is 2. The van der Waals surface area contributed by atoms with Gasteiger partial charge in [0.15, 0.2) is 0 Å². The van der Waals surface area contributed by atoms with Gasteiger partial charge in [0.25, 0.3) is 0 Å². The first-order chi connectivity index (χ1) is 9.00. The van der Waals surface area contributed by atoms with Crippen LogP contribution in [0.5, 0.6) is 0 Å². The second-order valence-electron chi connectivity index (χ2n) is 4.73. The van der Waals surface area contributed by atoms with E-state index in [1.807, 2.05) is 37.4 Å². The molecule has 0 aliphatic carbocycles. The van der Waals surface area contributed by atoms with Gasteiger partial charge in [-0.3, -0.25) is 0 Å². The van der Waals surface area contributed by atoms with Gasteiger partial charge in [-0.2, -0.15) is 0 Å². The fourth-order valence-electron chi connectivity index (χ4n) is 2.12. The highest BCUT2D eigenvalue weighted by molar-refractivity contribution is 6.33. The first-order valence-corrected chi connectivity index (χ1v) is 6.65. The predicted octanol–water partition coefficient (Wildman–Crippen LogP) is 4.47. The molecule has 0 aromatic heterocycles. The first-order valence-electron chi connectivity index (χ1n) is 6.27. The number of para-hydroxylation sites is 1. The predicted molar refractivity (Wildman–Crippen MR) is 81.3 cm³/mol. The van der Waals surface area contributed by atoms with E-state index in [0.717, 1.165) is 16.9 Å². The quantitative estimate of drug-likeness (QED) is 0.893. The maximum absolute atomic E-state index is 9.57. The topological polar surface area (TPSA) is 23.5 Å². The molecule has 0 unspecified atom stereocenters. The Bertz CT molecular complexity index is 581. The highest BCUT2D eigenvalue weighted by atomic mass is 35.5. The van der Waals surface area contributed by atoms with Crippen molar-refractivity contribution in [2.75, 3.05) is 11.9 Å². The fourth-order valence-corrected chi connectivity index (χ4v) is 2.44. The van der Waals surface area contributed by atoms with Gasteiger partial charge in [0.1, 0.15) is 0 Å². The number of aliphatic hydroxyl groups excluding tert-OH is 1. The van der Waals surface area contributed by atoms with E-state index in [2.05, 4.69) is 24.0 Å². The number of anilines is 2. The molecule has 0 aliphatic rings. The van der Waals surface area contributed by atoms with Gasteiger partial charge in [-0.15, -0.1) is 0 Å². The summed E-state index contributed by atoms with van der Waals surface area (Å²) in [4.78, 5) is 2.06. The summed E-state index contributed by atoms with van der Waals surface area (Å²) >= 11 is 6.32. The van der Waals surface area contributed by atoms with Gasteiger partial charge in [0.05, 0.1) is 16.8 Å². The zero-order valence-corrected chi connectivity index (χ0v) is 12.1. The molecular weight excluding hydrogens is 258 g/mol. The lowest BCUT2D eigenvalue weighted by Crippen LogP contribution is -2.11. The van der Waals surface area contributed by atoms with E-state index in [1.165, 1.54) is 5.56 Å². The second kappa shape index (κ2) is 5.64. The van der Waals surface area contributed by atoms with Crippen LogP contribution in [0.1, 0.15) is 24.2 Å². The third-order valence-electron chi connectivity index (χ3n) is 3.29. The zero-order chi connectivity index (χ0) is 14.0. The highest BCUT2D eigenvalue weighted by Gasteiger charge is 2.11. The molecule has 1 atom stereocenters. The standard InChI is InChI=1S/C16H18ClNO/c1-11-6-4-5-7-15(11)18(3)16-9-8-13(12(2)19)10-14(16)17/h4-10,12,19H,1-3H3/t12-/m0/s1. The van der Waals surface area contributed by atoms with E-state index < -0.39 is 6.10 Å². The van der Waals surface area contributed by atoms with E-state index in [1.54, 1.807) is 6.92 Å². The van der Waals surface area contributed by atoms with Crippen molar-refractivity contribution in [1.29, 1.82) is 0 Å². The van der Waals surface area contributed by atoms with Crippen LogP contribution in [-0.4, -0.2) is 12.2 Å². The number of benzene rings is 2. The zero-order valence-electron chi connectivity index (χ0n) is 11.4. The molecule has 0 bridgehead atoms. The van der Waals surface area contributed by atoms with Crippen molar-refractivity contribution in [3.05, 3.63) is 58.6 Å². The van der Waals surface area contributed by atoms with Crippen LogP contribution in [0.25, 0.3) is 0 Å². The number of halogens is 1. The Morgan fingerprint density at radius 2 is 1.79 bits per heavy atom. The number of aliphatic hydroxyl groups is 1. The third kappa shape index (κ3) is 2.91. The van der Waals surface area contributed by atoms with Gasteiger partial charge in [0, 0.05) is 12.7 Å². The lowest BCUT2D eigenvalue weighted by atomic mass is 10.1. The summed E-state index contributed by atoms with van der Waals surface area (Å²) in [7, 11) is 1.99. The molecule has 3 heteroatoms. The number of hydrogen-bond donors (Lipinski definition) is 1. The van der Waals surface area contributed by atoms with Crippen molar-refractivity contribution in [2.24, 2.45) is 0 Å². The molecule has 0 heterocycles. The summed E-state index contributed by atoms with van der Waals surface area (Å²) in [5.41, 5.74) is 4.07. The van der Waals surface area contributed by atoms with E-state index in [9.17, 15) is 5.11 Å². The Morgan fingerprint density at radius 1 is 1.11 bits per heavy atom. The van der Waals surface area contributed by atoms with Crippen LogP contribution in [0.2, 0.25) is 5.02 Å². The Morgan fingerprint density at radius 3 is 2.37 bits per heavy atom. The van der Waals surface area contributed by atoms with Crippen LogP contribution >= 0.6 is 11.6 Å². The summed E-state index contributed by atoms with van der Waals surface area (Å²) < 4.78 is 0. The average Bonchev–Trinajstić information content (AvgIpc) is 2.38. The maximum atomic E-state index is 9.57. The van der Waals surface area contributed by atoms with Gasteiger partial charge < -0.3 is 10.0 Å². The molecular formula is C16H18ClNO. The Labute approximate surface area is 119 Å². The molecule has 0 saturated carbocycles. The molecule has 19 heavy (non-hydrogen) atoms. The highest BCUT2D eigenvalue weighted by Crippen LogP contribution is 2.33. The summed E-state index contributed by atoms with van der Waals surface area (Å²) in [5, 5.41) is 10.2. The number of nitrogens with zero attached hydrogens (tertiary/aromatic N) is 1. The summed E-state index contributed by atoms with van der Waals surface area (Å²) in [6.45, 7) is 3.81. The maximum Gasteiger partial charge on any atom is 0.0762 e. The molecule has 0 fully saturated rings. The minimum Gasteiger partial charge on any atom is -0.389 e. The Hall–Kier alpha value is -1.51. The summed E-state index contributed by atoms with van der Waals surface area (Å²) in [6.07, 6.45) is -0.504. The molecule has 0 radical (unpaired) electrons. The largest absolute Gasteiger partial charge is 0.389 e. The van der Waals surface area contributed by atoms with Gasteiger partial charge in [0.2, 0.25) is 0 Å². The molecule has 2 rings (SSSR count). The van der Waals surface area contributed by atoms with Crippen LogP contribution in [0, 0.1) is 6.92 Å². The molecule has 2 nitrogen and oxygen atoms in total. The lowest BCUT2D eigenvalue weighted by Gasteiger charge is -2.23. The molecule has 0 saturated heterocycles. The minimum absolute atomic E-state index is 0.504. The van der Waals surface area contributed by atoms with Crippen LogP contribution in [-0.2, 0) is 0 Å². The van der Waals surface area contributed by atoms with Crippen molar-refractivity contribution in [2.45, 2.75) is 20.0 Å². The van der Waals surface area contributed by atoms with Crippen molar-refractivity contribution < 1.29 is 5.11 Å². The lowest BCUT2D eigenvalue weighted by molar-refractivity contribution is 0.199. The van der Waals surface area contributed by atoms with Crippen molar-refractivity contribution in [3.8, 4) is 0 Å². The van der Waals surface area contributed by atoms with Crippen LogP contribution in [0.4, 0.5) is 11.4 Å². The van der Waals surface area contributed by atoms with Gasteiger partial charge in [-0.25, -0.2) is 0 Å². The fraction of sp³-hybridized carbons (Fsp3) is 0.250. The Kier molecular flexibility index (Phi) is 4.13. The van der Waals surface area contributed by atoms with E-state index in [4.69, 9.17) is 11.6 Å². The van der Waals surface area contributed by atoms with Gasteiger partial charge in [-0.05, 0) is 43.2 Å². The van der Waals surface area contributed by atoms with E-state index >= 15 is 0 Å². The Balaban J connectivity index is 2.40. The normalized spacial score (nSPS) is 12.3. The molecule has 0 aliphatic heterocycles. The first kappa shape index (κ1) is 13.9. The van der Waals surface area contributed by atoms with Crippen molar-refractivity contribution in [3.63, 3.8) is 0 Å². The summed E-state index contributed by atoms with van der Waals surface area (Å²) in [6, 6.07) is 13.8. The second-order valence-corrected chi connectivity index (χ2v) is 5.14. The van der Waals surface area contributed by atoms with E-state index in [0.29, 0.717) is 5.02 Å². The smallest absolute Gasteiger partial charge is 0.0762 e. The molecule has 0 amide bonds. The minimum atomic E-state index is -0.504. The average molecular weight is 276 g/mol. The third-order valence-corrected chi connectivity index (χ3v) is 3.60. The molecule has 100 valence electrons. The summed E-state index contributed by atoms with van der Waals surface area (Å²) in [5.74, 6) is 0. The van der Waals surface area contributed by atoms with Crippen LogP contribution in [0.15, 0.2) is 42.5 Å². The van der Waals surface area contributed by atoms with Crippen molar-refractivity contribution >= 4 is 23.0 Å². The monoisotopic (exact) mass is 275 g/mol. The van der Waals surface area contributed by atoms with Gasteiger partial charge in [-0.1, -0.05) is 35.9 Å². The number of aryl methyl sites for hydroxylation is 1. The number of rotatable bonds is 3. The van der Waals surface area contributed by atoms with Crippen LogP contribution < -0.4 is 4.90 Å². The molecule has 1 N–H and O–H groups in total. The molecule has 0 spiro atoms. The van der Waals surface area contributed by atoms with Gasteiger partial charge >= 0.3 is 0 Å². The molecule has 2 aromatic carbocycles. The van der Waals surface area contributed by atoms with E-state index in [-0.39, 0.29) is 0 Å². The molecule has 2 aromatic rings. The van der Waals surface area contributed by atoms with Crippen molar-refractivity contribution in [1.82, 2.24) is 0 Å². The SMILES string of the molecule is Cc1ccccc1N(C)c1ccc([C@H](C)O)cc1Cl. The van der Waals surface area contributed by atoms with Crippen LogP contribution in [0.3, 0.4) is 0 Å².